The average Bonchev–Trinajstić information content (AvgIpc) is 3.18. The summed E-state index contributed by atoms with van der Waals surface area (Å²) in [4.78, 5) is 15.3. The van der Waals surface area contributed by atoms with Gasteiger partial charge in [0.05, 0.1) is 17.6 Å². The Morgan fingerprint density at radius 1 is 1.17 bits per heavy atom. The number of aromatic nitrogens is 4. The fourth-order valence-corrected chi connectivity index (χ4v) is 5.22. The van der Waals surface area contributed by atoms with Gasteiger partial charge >= 0.3 is 0 Å². The van der Waals surface area contributed by atoms with Gasteiger partial charge in [-0.25, -0.2) is 18.4 Å². The summed E-state index contributed by atoms with van der Waals surface area (Å²) in [7, 11) is 3.96. The second kappa shape index (κ2) is 9.94. The molecular formula is C26H32F2N8. The Balaban J connectivity index is 1.24. The molecule has 0 aliphatic carbocycles. The van der Waals surface area contributed by atoms with E-state index in [1.165, 1.54) is 6.07 Å². The molecule has 36 heavy (non-hydrogen) atoms. The molecule has 190 valence electrons. The van der Waals surface area contributed by atoms with Crippen LogP contribution in [0, 0.1) is 18.6 Å². The number of halogens is 2. The Kier molecular flexibility index (Phi) is 6.72. The molecule has 1 unspecified atom stereocenters. The van der Waals surface area contributed by atoms with Crippen molar-refractivity contribution in [2.24, 2.45) is 0 Å². The standard InChI is InChI=1S/C26H32F2N8/c1-17-18(14-30-36(17)25-13-20(15-33(2)3)31-26(29)32-25)5-4-8-34-9-10-35-21(16-34)6-7-22-23(28)11-19(27)12-24(22)35/h4-5,11-14,21H,6-10,15-16H2,1-3H3,(H2,29,31,32)/b5-4+. The molecule has 2 N–H and O–H groups in total. The predicted octanol–water partition coefficient (Wildman–Crippen LogP) is 3.04. The van der Waals surface area contributed by atoms with Crippen LogP contribution < -0.4 is 10.6 Å². The molecule has 1 atom stereocenters. The van der Waals surface area contributed by atoms with Crippen LogP contribution >= 0.6 is 0 Å². The van der Waals surface area contributed by atoms with Crippen LogP contribution in [0.2, 0.25) is 0 Å². The molecule has 2 aromatic heterocycles. The summed E-state index contributed by atoms with van der Waals surface area (Å²) in [6, 6.07) is 4.65. The van der Waals surface area contributed by atoms with Crippen LogP contribution in [-0.4, -0.2) is 75.9 Å². The van der Waals surface area contributed by atoms with Gasteiger partial charge in [-0.1, -0.05) is 12.2 Å². The molecule has 1 saturated heterocycles. The summed E-state index contributed by atoms with van der Waals surface area (Å²) < 4.78 is 29.8. The lowest BCUT2D eigenvalue weighted by Crippen LogP contribution is -2.55. The average molecular weight is 495 g/mol. The molecule has 0 spiro atoms. The molecule has 0 saturated carbocycles. The third-order valence-corrected chi connectivity index (χ3v) is 6.93. The number of nitrogens with two attached hydrogens (primary N) is 1. The highest BCUT2D eigenvalue weighted by atomic mass is 19.1. The minimum atomic E-state index is -0.508. The molecule has 4 heterocycles. The van der Waals surface area contributed by atoms with Gasteiger partial charge < -0.3 is 15.5 Å². The number of piperazine rings is 1. The molecule has 0 amide bonds. The largest absolute Gasteiger partial charge is 0.368 e. The minimum absolute atomic E-state index is 0.228. The molecule has 2 aliphatic heterocycles. The van der Waals surface area contributed by atoms with Crippen LogP contribution in [-0.2, 0) is 13.0 Å². The Hall–Kier alpha value is -3.37. The van der Waals surface area contributed by atoms with Crippen LogP contribution in [0.1, 0.15) is 28.9 Å². The van der Waals surface area contributed by atoms with Crippen LogP contribution in [0.3, 0.4) is 0 Å². The smallest absolute Gasteiger partial charge is 0.222 e. The highest BCUT2D eigenvalue weighted by Crippen LogP contribution is 2.35. The van der Waals surface area contributed by atoms with Gasteiger partial charge in [0.25, 0.3) is 0 Å². The SMILES string of the molecule is Cc1c(/C=C/CN2CCN3c4cc(F)cc(F)c4CCC3C2)cnn1-c1cc(CN(C)C)nc(N)n1. The number of nitrogen functional groups attached to an aromatic ring is 1. The summed E-state index contributed by atoms with van der Waals surface area (Å²) >= 11 is 0. The fraction of sp³-hybridized carbons (Fsp3) is 0.423. The number of fused-ring (bicyclic) bond motifs is 3. The molecule has 5 rings (SSSR count). The maximum atomic E-state index is 14.2. The maximum absolute atomic E-state index is 14.2. The van der Waals surface area contributed by atoms with Crippen LogP contribution in [0.4, 0.5) is 20.4 Å². The quantitative estimate of drug-likeness (QED) is 0.564. The highest BCUT2D eigenvalue weighted by molar-refractivity contribution is 5.58. The van der Waals surface area contributed by atoms with Gasteiger partial charge in [-0.15, -0.1) is 0 Å². The lowest BCUT2D eigenvalue weighted by atomic mass is 9.93. The van der Waals surface area contributed by atoms with E-state index in [0.29, 0.717) is 24.3 Å². The number of anilines is 2. The summed E-state index contributed by atoms with van der Waals surface area (Å²) in [5.41, 5.74) is 10.1. The first-order chi connectivity index (χ1) is 17.3. The van der Waals surface area contributed by atoms with E-state index in [1.807, 2.05) is 38.2 Å². The molecule has 0 bridgehead atoms. The fourth-order valence-electron chi connectivity index (χ4n) is 5.22. The van der Waals surface area contributed by atoms with Crippen molar-refractivity contribution in [3.05, 3.63) is 64.6 Å². The van der Waals surface area contributed by atoms with E-state index in [1.54, 1.807) is 4.68 Å². The molecule has 2 aliphatic rings. The van der Waals surface area contributed by atoms with Gasteiger partial charge in [-0.2, -0.15) is 10.1 Å². The van der Waals surface area contributed by atoms with Crippen LogP contribution in [0.5, 0.6) is 0 Å². The molecule has 1 aromatic carbocycles. The Morgan fingerprint density at radius 3 is 2.81 bits per heavy atom. The van der Waals surface area contributed by atoms with E-state index in [9.17, 15) is 8.78 Å². The molecule has 8 nitrogen and oxygen atoms in total. The Bertz CT molecular complexity index is 1290. The predicted molar refractivity (Wildman–Crippen MR) is 137 cm³/mol. The van der Waals surface area contributed by atoms with Gasteiger partial charge in [0.15, 0.2) is 5.82 Å². The van der Waals surface area contributed by atoms with E-state index in [-0.39, 0.29) is 12.0 Å². The van der Waals surface area contributed by atoms with Crippen molar-refractivity contribution in [2.45, 2.75) is 32.4 Å². The zero-order chi connectivity index (χ0) is 25.4. The molecule has 1 fully saturated rings. The zero-order valence-electron chi connectivity index (χ0n) is 21.0. The van der Waals surface area contributed by atoms with E-state index < -0.39 is 11.6 Å². The van der Waals surface area contributed by atoms with Gasteiger partial charge in [0.2, 0.25) is 5.95 Å². The van der Waals surface area contributed by atoms with Gasteiger partial charge in [0, 0.05) is 67.7 Å². The van der Waals surface area contributed by atoms with Crippen molar-refractivity contribution < 1.29 is 8.78 Å². The highest BCUT2D eigenvalue weighted by Gasteiger charge is 2.33. The number of nitrogens with zero attached hydrogens (tertiary/aromatic N) is 7. The topological polar surface area (TPSA) is 79.3 Å². The van der Waals surface area contributed by atoms with Crippen molar-refractivity contribution >= 4 is 17.7 Å². The monoisotopic (exact) mass is 494 g/mol. The zero-order valence-corrected chi connectivity index (χ0v) is 21.0. The van der Waals surface area contributed by atoms with E-state index in [0.717, 1.165) is 61.3 Å². The van der Waals surface area contributed by atoms with Gasteiger partial charge in [-0.05, 0) is 39.9 Å². The normalized spacial score (nSPS) is 18.2. The lowest BCUT2D eigenvalue weighted by molar-refractivity contribution is 0.233. The number of rotatable bonds is 6. The van der Waals surface area contributed by atoms with Gasteiger partial charge in [-0.3, -0.25) is 4.90 Å². The molecule has 10 heteroatoms. The minimum Gasteiger partial charge on any atom is -0.368 e. The van der Waals surface area contributed by atoms with Crippen LogP contribution in [0.15, 0.2) is 30.5 Å². The summed E-state index contributed by atoms with van der Waals surface area (Å²) in [5.74, 6) is -0.0561. The van der Waals surface area contributed by atoms with Gasteiger partial charge in [0.1, 0.15) is 11.6 Å². The van der Waals surface area contributed by atoms with E-state index in [2.05, 4.69) is 37.0 Å². The second-order valence-corrected chi connectivity index (χ2v) is 9.84. The van der Waals surface area contributed by atoms with Crippen molar-refractivity contribution in [1.82, 2.24) is 29.5 Å². The van der Waals surface area contributed by atoms with Crippen molar-refractivity contribution in [2.75, 3.05) is 50.9 Å². The maximum Gasteiger partial charge on any atom is 0.222 e. The first-order valence-corrected chi connectivity index (χ1v) is 12.2. The Morgan fingerprint density at radius 2 is 2.00 bits per heavy atom. The molecule has 0 radical (unpaired) electrons. The van der Waals surface area contributed by atoms with E-state index in [4.69, 9.17) is 5.73 Å². The van der Waals surface area contributed by atoms with E-state index >= 15 is 0 Å². The first-order valence-electron chi connectivity index (χ1n) is 12.2. The Labute approximate surface area is 210 Å². The van der Waals surface area contributed by atoms with Crippen molar-refractivity contribution in [3.63, 3.8) is 0 Å². The third-order valence-electron chi connectivity index (χ3n) is 6.93. The molecule has 3 aromatic rings. The number of benzene rings is 1. The molecular weight excluding hydrogens is 462 g/mol. The lowest BCUT2D eigenvalue weighted by Gasteiger charge is -2.46. The second-order valence-electron chi connectivity index (χ2n) is 9.84. The summed E-state index contributed by atoms with van der Waals surface area (Å²) in [5, 5.41) is 4.53. The summed E-state index contributed by atoms with van der Waals surface area (Å²) in [6.07, 6.45) is 7.58. The third kappa shape index (κ3) is 4.96. The van der Waals surface area contributed by atoms with Crippen LogP contribution in [0.25, 0.3) is 11.9 Å². The first kappa shape index (κ1) is 24.3. The van der Waals surface area contributed by atoms with Crippen molar-refractivity contribution in [3.8, 4) is 5.82 Å². The number of hydrogen-bond acceptors (Lipinski definition) is 7. The number of hydrogen-bond donors (Lipinski definition) is 1. The van der Waals surface area contributed by atoms with Crippen molar-refractivity contribution in [1.29, 1.82) is 0 Å². The summed E-state index contributed by atoms with van der Waals surface area (Å²) in [6.45, 7) is 5.94.